The highest BCUT2D eigenvalue weighted by atomic mass is 19.4. The van der Waals surface area contributed by atoms with E-state index in [2.05, 4.69) is 11.1 Å². The van der Waals surface area contributed by atoms with Crippen LogP contribution >= 0.6 is 0 Å². The Morgan fingerprint density at radius 1 is 1.30 bits per heavy atom. The van der Waals surface area contributed by atoms with E-state index in [1.807, 2.05) is 0 Å². The summed E-state index contributed by atoms with van der Waals surface area (Å²) in [4.78, 5) is 18.2. The number of rotatable bonds is 5. The number of fused-ring (bicyclic) bond motifs is 1. The predicted octanol–water partition coefficient (Wildman–Crippen LogP) is 4.23. The van der Waals surface area contributed by atoms with Crippen LogP contribution in [-0.2, 0) is 4.79 Å². The Kier molecular flexibility index (Phi) is 6.04. The Hall–Kier alpha value is -2.66. The van der Waals surface area contributed by atoms with Crippen molar-refractivity contribution in [2.24, 2.45) is 11.8 Å². The van der Waals surface area contributed by atoms with Crippen LogP contribution in [0.15, 0.2) is 30.5 Å². The standard InChI is InChI=1S/C22H24F3N3O2/c1-21(2,30)10-17(29)9-14-8-16(22(23,24)25)13-28(12-14)19-6-5-15(11-26)20-18(19)4-3-7-27-20/h3-7,14,16,30H,8-10,12-13H2,1-2H3. The van der Waals surface area contributed by atoms with E-state index in [9.17, 15) is 28.3 Å². The number of pyridine rings is 1. The number of piperidine rings is 1. The number of nitrogens with zero attached hydrogens (tertiary/aromatic N) is 3. The van der Waals surface area contributed by atoms with Crippen LogP contribution in [0.5, 0.6) is 0 Å². The lowest BCUT2D eigenvalue weighted by Gasteiger charge is -2.40. The van der Waals surface area contributed by atoms with Gasteiger partial charge >= 0.3 is 6.18 Å². The number of benzene rings is 1. The fourth-order valence-corrected chi connectivity index (χ4v) is 4.19. The van der Waals surface area contributed by atoms with Crippen LogP contribution in [0.2, 0.25) is 0 Å². The molecule has 3 rings (SSSR count). The SMILES string of the molecule is CC(C)(O)CC(=O)CC1CC(C(F)(F)F)CN(c2ccc(C#N)c3ncccc23)C1. The molecule has 1 fully saturated rings. The molecule has 1 aromatic heterocycles. The molecule has 1 aliphatic rings. The van der Waals surface area contributed by atoms with Crippen molar-refractivity contribution in [3.8, 4) is 6.07 Å². The third-order valence-electron chi connectivity index (χ3n) is 5.35. The Labute approximate surface area is 173 Å². The van der Waals surface area contributed by atoms with E-state index in [1.165, 1.54) is 13.8 Å². The Morgan fingerprint density at radius 2 is 2.03 bits per heavy atom. The number of nitriles is 1. The van der Waals surface area contributed by atoms with Gasteiger partial charge in [-0.1, -0.05) is 0 Å². The number of halogens is 3. The van der Waals surface area contributed by atoms with E-state index in [0.717, 1.165) is 0 Å². The third-order valence-corrected chi connectivity index (χ3v) is 5.35. The highest BCUT2D eigenvalue weighted by Gasteiger charge is 2.45. The van der Waals surface area contributed by atoms with Gasteiger partial charge in [0.1, 0.15) is 11.9 Å². The molecule has 8 heteroatoms. The highest BCUT2D eigenvalue weighted by molar-refractivity contribution is 5.95. The van der Waals surface area contributed by atoms with Gasteiger partial charge < -0.3 is 10.0 Å². The summed E-state index contributed by atoms with van der Waals surface area (Å²) in [5.74, 6) is -2.29. The van der Waals surface area contributed by atoms with Crippen molar-refractivity contribution in [3.63, 3.8) is 0 Å². The Bertz CT molecular complexity index is 976. The van der Waals surface area contributed by atoms with Crippen molar-refractivity contribution >= 4 is 22.4 Å². The molecule has 2 aromatic rings. The molecular weight excluding hydrogens is 395 g/mol. The molecule has 0 spiro atoms. The van der Waals surface area contributed by atoms with E-state index in [-0.39, 0.29) is 31.6 Å². The Morgan fingerprint density at radius 3 is 2.67 bits per heavy atom. The van der Waals surface area contributed by atoms with Crippen LogP contribution in [0, 0.1) is 23.2 Å². The number of carbonyl (C=O) groups is 1. The number of anilines is 1. The van der Waals surface area contributed by atoms with Crippen LogP contribution in [0.25, 0.3) is 10.9 Å². The van der Waals surface area contributed by atoms with Crippen LogP contribution in [0.1, 0.15) is 38.7 Å². The second-order valence-corrected chi connectivity index (χ2v) is 8.62. The zero-order chi connectivity index (χ0) is 22.1. The minimum atomic E-state index is -4.38. The van der Waals surface area contributed by atoms with Gasteiger partial charge in [0, 0.05) is 43.2 Å². The molecule has 0 amide bonds. The summed E-state index contributed by atoms with van der Waals surface area (Å²) in [6.45, 7) is 3.09. The Balaban J connectivity index is 1.93. The molecule has 0 radical (unpaired) electrons. The average Bonchev–Trinajstić information content (AvgIpc) is 2.64. The summed E-state index contributed by atoms with van der Waals surface area (Å²) in [6, 6.07) is 8.70. The fourth-order valence-electron chi connectivity index (χ4n) is 4.19. The summed E-state index contributed by atoms with van der Waals surface area (Å²) < 4.78 is 40.9. The molecular formula is C22H24F3N3O2. The minimum Gasteiger partial charge on any atom is -0.390 e. The van der Waals surface area contributed by atoms with Gasteiger partial charge in [0.15, 0.2) is 0 Å². The van der Waals surface area contributed by atoms with Crippen molar-refractivity contribution in [1.82, 2.24) is 4.98 Å². The molecule has 2 heterocycles. The van der Waals surface area contributed by atoms with Crippen LogP contribution in [0.3, 0.4) is 0 Å². The second-order valence-electron chi connectivity index (χ2n) is 8.62. The molecule has 5 nitrogen and oxygen atoms in total. The van der Waals surface area contributed by atoms with E-state index in [4.69, 9.17) is 0 Å². The number of Topliss-reactive ketones (excluding diaryl/α,β-unsaturated/α-hetero) is 1. The monoisotopic (exact) mass is 419 g/mol. The number of aliphatic hydroxyl groups is 1. The van der Waals surface area contributed by atoms with Crippen molar-refractivity contribution in [1.29, 1.82) is 5.26 Å². The van der Waals surface area contributed by atoms with Gasteiger partial charge in [-0.2, -0.15) is 18.4 Å². The maximum absolute atomic E-state index is 13.6. The summed E-state index contributed by atoms with van der Waals surface area (Å²) in [6.07, 6.45) is -3.07. The summed E-state index contributed by atoms with van der Waals surface area (Å²) in [5.41, 5.74) is 0.187. The molecule has 1 aliphatic heterocycles. The van der Waals surface area contributed by atoms with Gasteiger partial charge in [-0.25, -0.2) is 0 Å². The van der Waals surface area contributed by atoms with Gasteiger partial charge in [0.2, 0.25) is 0 Å². The van der Waals surface area contributed by atoms with E-state index >= 15 is 0 Å². The summed E-state index contributed by atoms with van der Waals surface area (Å²) in [7, 11) is 0. The molecule has 0 aliphatic carbocycles. The third kappa shape index (κ3) is 5.08. The average molecular weight is 419 g/mol. The van der Waals surface area contributed by atoms with Crippen molar-refractivity contribution in [2.75, 3.05) is 18.0 Å². The smallest absolute Gasteiger partial charge is 0.390 e. The lowest BCUT2D eigenvalue weighted by molar-refractivity contribution is -0.179. The van der Waals surface area contributed by atoms with Crippen LogP contribution < -0.4 is 4.90 Å². The van der Waals surface area contributed by atoms with Crippen molar-refractivity contribution in [2.45, 2.75) is 44.9 Å². The van der Waals surface area contributed by atoms with Crippen molar-refractivity contribution < 1.29 is 23.1 Å². The van der Waals surface area contributed by atoms with Gasteiger partial charge in [0.25, 0.3) is 0 Å². The molecule has 2 unspecified atom stereocenters. The van der Waals surface area contributed by atoms with Gasteiger partial charge in [-0.15, -0.1) is 0 Å². The fraction of sp³-hybridized carbons (Fsp3) is 0.500. The largest absolute Gasteiger partial charge is 0.393 e. The van der Waals surface area contributed by atoms with E-state index in [1.54, 1.807) is 35.4 Å². The maximum Gasteiger partial charge on any atom is 0.393 e. The quantitative estimate of drug-likeness (QED) is 0.785. The normalized spacial score (nSPS) is 20.2. The van der Waals surface area contributed by atoms with Crippen molar-refractivity contribution in [3.05, 3.63) is 36.0 Å². The first-order valence-electron chi connectivity index (χ1n) is 9.81. The zero-order valence-electron chi connectivity index (χ0n) is 16.9. The van der Waals surface area contributed by atoms with Gasteiger partial charge in [0.05, 0.1) is 22.6 Å². The summed E-state index contributed by atoms with van der Waals surface area (Å²) >= 11 is 0. The number of hydrogen-bond donors (Lipinski definition) is 1. The highest BCUT2D eigenvalue weighted by Crippen LogP contribution is 2.40. The summed E-state index contributed by atoms with van der Waals surface area (Å²) in [5, 5.41) is 19.8. The van der Waals surface area contributed by atoms with E-state index in [0.29, 0.717) is 28.7 Å². The molecule has 1 saturated heterocycles. The minimum absolute atomic E-state index is 0.0144. The number of alkyl halides is 3. The lowest BCUT2D eigenvalue weighted by Crippen LogP contribution is -2.46. The first-order chi connectivity index (χ1) is 14.0. The molecule has 1 aromatic carbocycles. The lowest BCUT2D eigenvalue weighted by atomic mass is 9.83. The molecule has 1 N–H and O–H groups in total. The van der Waals surface area contributed by atoms with E-state index < -0.39 is 23.6 Å². The molecule has 0 saturated carbocycles. The molecule has 30 heavy (non-hydrogen) atoms. The number of ketones is 1. The number of aromatic nitrogens is 1. The zero-order valence-corrected chi connectivity index (χ0v) is 16.9. The maximum atomic E-state index is 13.6. The second kappa shape index (κ2) is 8.23. The topological polar surface area (TPSA) is 77.2 Å². The van der Waals surface area contributed by atoms with Crippen LogP contribution in [0.4, 0.5) is 18.9 Å². The van der Waals surface area contributed by atoms with Gasteiger partial charge in [-0.05, 0) is 50.5 Å². The molecule has 2 atom stereocenters. The first kappa shape index (κ1) is 22.0. The number of hydrogen-bond acceptors (Lipinski definition) is 5. The predicted molar refractivity (Wildman–Crippen MR) is 107 cm³/mol. The number of carbonyl (C=O) groups excluding carboxylic acids is 1. The van der Waals surface area contributed by atoms with Gasteiger partial charge in [-0.3, -0.25) is 9.78 Å². The molecule has 160 valence electrons. The molecule has 0 bridgehead atoms. The van der Waals surface area contributed by atoms with Crippen LogP contribution in [-0.4, -0.2) is 40.7 Å². The first-order valence-corrected chi connectivity index (χ1v) is 9.81.